The molecule has 0 aromatic rings. The molecule has 0 aliphatic heterocycles. The van der Waals surface area contributed by atoms with Crippen LogP contribution in [0.25, 0.3) is 0 Å². The van der Waals surface area contributed by atoms with Gasteiger partial charge >= 0.3 is 0 Å². The van der Waals surface area contributed by atoms with Crippen molar-refractivity contribution in [2.45, 2.75) is 26.7 Å². The van der Waals surface area contributed by atoms with E-state index >= 15 is 0 Å². The van der Waals surface area contributed by atoms with Crippen LogP contribution in [0.4, 0.5) is 0 Å². The predicted octanol–water partition coefficient (Wildman–Crippen LogP) is -0.0849. The Morgan fingerprint density at radius 3 is 1.96 bits per heavy atom. The Bertz CT molecular complexity index is 404. The molecular weight excluding hydrogens is 326 g/mol. The van der Waals surface area contributed by atoms with Crippen LogP contribution in [0, 0.1) is 0 Å². The molecule has 0 bridgehead atoms. The van der Waals surface area contributed by atoms with Gasteiger partial charge in [-0.3, -0.25) is 14.4 Å². The maximum atomic E-state index is 12.5. The fourth-order valence-electron chi connectivity index (χ4n) is 2.13. The van der Waals surface area contributed by atoms with E-state index in [-0.39, 0.29) is 37.2 Å². The zero-order chi connectivity index (χ0) is 19.1. The van der Waals surface area contributed by atoms with Gasteiger partial charge in [0, 0.05) is 27.3 Å². The van der Waals surface area contributed by atoms with E-state index in [2.05, 4.69) is 12.2 Å². The van der Waals surface area contributed by atoms with E-state index in [4.69, 9.17) is 9.47 Å². The molecule has 0 rings (SSSR count). The highest BCUT2D eigenvalue weighted by molar-refractivity contribution is 5.88. The molecule has 0 saturated carbocycles. The molecule has 0 aliphatic carbocycles. The van der Waals surface area contributed by atoms with Crippen molar-refractivity contribution in [3.8, 4) is 0 Å². The van der Waals surface area contributed by atoms with Crippen molar-refractivity contribution in [2.75, 3.05) is 66.7 Å². The van der Waals surface area contributed by atoms with Crippen LogP contribution in [0.2, 0.25) is 0 Å². The molecule has 0 radical (unpaired) electrons. The number of ketones is 1. The van der Waals surface area contributed by atoms with E-state index in [1.165, 1.54) is 23.8 Å². The molecule has 8 heteroatoms. The van der Waals surface area contributed by atoms with Gasteiger partial charge in [-0.05, 0) is 19.9 Å². The molecule has 146 valence electrons. The van der Waals surface area contributed by atoms with E-state index in [0.717, 1.165) is 19.4 Å². The average molecular weight is 359 g/mol. The smallest absolute Gasteiger partial charge is 0.242 e. The van der Waals surface area contributed by atoms with Gasteiger partial charge in [0.2, 0.25) is 11.8 Å². The van der Waals surface area contributed by atoms with Crippen LogP contribution < -0.4 is 5.32 Å². The molecule has 1 N–H and O–H groups in total. The van der Waals surface area contributed by atoms with Crippen LogP contribution in [0.3, 0.4) is 0 Å². The third kappa shape index (κ3) is 11.6. The van der Waals surface area contributed by atoms with E-state index in [1.807, 2.05) is 0 Å². The number of Topliss-reactive ketones (excluding diaryl/α,β-unsaturated/α-hetero) is 1. The number of nitrogens with one attached hydrogen (secondary N) is 1. The molecule has 0 fully saturated rings. The van der Waals surface area contributed by atoms with E-state index in [1.54, 1.807) is 7.11 Å². The third-order valence-corrected chi connectivity index (χ3v) is 3.56. The second-order valence-corrected chi connectivity index (χ2v) is 5.85. The Morgan fingerprint density at radius 1 is 0.920 bits per heavy atom. The highest BCUT2D eigenvalue weighted by Crippen LogP contribution is 1.98. The van der Waals surface area contributed by atoms with Crippen molar-refractivity contribution >= 4 is 17.6 Å². The van der Waals surface area contributed by atoms with E-state index in [9.17, 15) is 14.4 Å². The molecule has 0 aromatic carbocycles. The number of ether oxygens (including phenoxy) is 2. The minimum absolute atomic E-state index is 0.0171. The molecule has 0 aromatic heterocycles. The molecule has 8 nitrogen and oxygen atoms in total. The summed E-state index contributed by atoms with van der Waals surface area (Å²) in [7, 11) is 3.08. The van der Waals surface area contributed by atoms with Gasteiger partial charge in [0.15, 0.2) is 0 Å². The topological polar surface area (TPSA) is 88.2 Å². The van der Waals surface area contributed by atoms with Crippen LogP contribution in [0.15, 0.2) is 0 Å². The summed E-state index contributed by atoms with van der Waals surface area (Å²) in [5, 5.41) is 3.08. The van der Waals surface area contributed by atoms with Crippen molar-refractivity contribution in [1.29, 1.82) is 0 Å². The summed E-state index contributed by atoms with van der Waals surface area (Å²) in [6.07, 6.45) is 2.04. The van der Waals surface area contributed by atoms with Crippen LogP contribution >= 0.6 is 0 Å². The lowest BCUT2D eigenvalue weighted by molar-refractivity contribution is -0.142. The third-order valence-electron chi connectivity index (χ3n) is 3.56. The highest BCUT2D eigenvalue weighted by Gasteiger charge is 2.21. The Balaban J connectivity index is 4.73. The fourth-order valence-corrected chi connectivity index (χ4v) is 2.13. The zero-order valence-electron chi connectivity index (χ0n) is 16.0. The molecule has 25 heavy (non-hydrogen) atoms. The number of methoxy groups -OCH3 is 2. The second kappa shape index (κ2) is 14.8. The number of rotatable bonds is 15. The molecule has 0 heterocycles. The maximum Gasteiger partial charge on any atom is 0.242 e. The first-order chi connectivity index (χ1) is 12.0. The number of unbranched alkanes of at least 4 members (excludes halogenated alkanes) is 1. The lowest BCUT2D eigenvalue weighted by Gasteiger charge is -2.27. The minimum atomic E-state index is -0.273. The summed E-state index contributed by atoms with van der Waals surface area (Å²) in [5.74, 6) is -0.540. The van der Waals surface area contributed by atoms with E-state index < -0.39 is 0 Å². The SMILES string of the molecule is CCCCNCC(=O)N(CCOC)CC(=O)N(CCOC)CC(C)=O. The Hall–Kier alpha value is -1.51. The van der Waals surface area contributed by atoms with Gasteiger partial charge in [0.1, 0.15) is 5.78 Å². The van der Waals surface area contributed by atoms with Gasteiger partial charge in [-0.2, -0.15) is 0 Å². The Morgan fingerprint density at radius 2 is 1.48 bits per heavy atom. The normalized spacial score (nSPS) is 10.6. The minimum Gasteiger partial charge on any atom is -0.383 e. The molecule has 0 saturated heterocycles. The lowest BCUT2D eigenvalue weighted by Crippen LogP contribution is -2.48. The number of nitrogens with zero attached hydrogens (tertiary/aromatic N) is 2. The van der Waals surface area contributed by atoms with Crippen molar-refractivity contribution in [3.63, 3.8) is 0 Å². The van der Waals surface area contributed by atoms with Crippen molar-refractivity contribution in [2.24, 2.45) is 0 Å². The first kappa shape index (κ1) is 23.5. The summed E-state index contributed by atoms with van der Waals surface area (Å²) in [5.41, 5.74) is 0. The Labute approximate surface area is 150 Å². The summed E-state index contributed by atoms with van der Waals surface area (Å²) >= 11 is 0. The molecule has 0 unspecified atom stereocenters. The van der Waals surface area contributed by atoms with Crippen LogP contribution in [-0.4, -0.2) is 94.1 Å². The monoisotopic (exact) mass is 359 g/mol. The molecule has 0 aliphatic rings. The number of hydrogen-bond acceptors (Lipinski definition) is 6. The number of carbonyl (C=O) groups is 3. The van der Waals surface area contributed by atoms with E-state index in [0.29, 0.717) is 26.3 Å². The number of amides is 2. The maximum absolute atomic E-state index is 12.5. The van der Waals surface area contributed by atoms with Crippen molar-refractivity contribution < 1.29 is 23.9 Å². The number of hydrogen-bond donors (Lipinski definition) is 1. The van der Waals surface area contributed by atoms with Gasteiger partial charge in [0.25, 0.3) is 0 Å². The standard InChI is InChI=1S/C17H33N3O5/c1-5-6-7-18-12-16(22)20(9-11-25-4)14-17(23)19(8-10-24-3)13-15(2)21/h18H,5-14H2,1-4H3. The number of carbonyl (C=O) groups excluding carboxylic acids is 3. The van der Waals surface area contributed by atoms with Crippen LogP contribution in [0.1, 0.15) is 26.7 Å². The molecular formula is C17H33N3O5. The Kier molecular flexibility index (Phi) is 13.9. The van der Waals surface area contributed by atoms with Crippen LogP contribution in [0.5, 0.6) is 0 Å². The first-order valence-electron chi connectivity index (χ1n) is 8.69. The van der Waals surface area contributed by atoms with Crippen molar-refractivity contribution in [1.82, 2.24) is 15.1 Å². The van der Waals surface area contributed by atoms with Gasteiger partial charge in [-0.15, -0.1) is 0 Å². The van der Waals surface area contributed by atoms with Crippen molar-refractivity contribution in [3.05, 3.63) is 0 Å². The molecule has 0 spiro atoms. The summed E-state index contributed by atoms with van der Waals surface area (Å²) in [6.45, 7) is 5.72. The average Bonchev–Trinajstić information content (AvgIpc) is 2.58. The highest BCUT2D eigenvalue weighted by atomic mass is 16.5. The fraction of sp³-hybridized carbons (Fsp3) is 0.824. The van der Waals surface area contributed by atoms with Gasteiger partial charge in [-0.1, -0.05) is 13.3 Å². The van der Waals surface area contributed by atoms with Gasteiger partial charge < -0.3 is 24.6 Å². The largest absolute Gasteiger partial charge is 0.383 e. The molecule has 2 amide bonds. The summed E-state index contributed by atoms with van der Waals surface area (Å²) < 4.78 is 10.0. The van der Waals surface area contributed by atoms with Gasteiger partial charge in [0.05, 0.1) is 32.8 Å². The zero-order valence-corrected chi connectivity index (χ0v) is 16.0. The summed E-state index contributed by atoms with van der Waals surface area (Å²) in [6, 6.07) is 0. The van der Waals surface area contributed by atoms with Crippen LogP contribution in [-0.2, 0) is 23.9 Å². The summed E-state index contributed by atoms with van der Waals surface area (Å²) in [4.78, 5) is 39.1. The second-order valence-electron chi connectivity index (χ2n) is 5.85. The predicted molar refractivity (Wildman–Crippen MR) is 95.4 cm³/mol. The van der Waals surface area contributed by atoms with Gasteiger partial charge in [-0.25, -0.2) is 0 Å². The molecule has 0 atom stereocenters. The lowest BCUT2D eigenvalue weighted by atomic mass is 10.3. The quantitative estimate of drug-likeness (QED) is 0.411. The first-order valence-corrected chi connectivity index (χ1v) is 8.69.